The highest BCUT2D eigenvalue weighted by Gasteiger charge is 2.25. The molecule has 0 atom stereocenters. The summed E-state index contributed by atoms with van der Waals surface area (Å²) in [5.41, 5.74) is 1.54. The highest BCUT2D eigenvalue weighted by Crippen LogP contribution is 2.31. The second-order valence-corrected chi connectivity index (χ2v) is 6.87. The van der Waals surface area contributed by atoms with Crippen LogP contribution in [-0.4, -0.2) is 16.8 Å². The Morgan fingerprint density at radius 3 is 2.07 bits per heavy atom. The fraction of sp³-hybridized carbons (Fsp3) is 0. The summed E-state index contributed by atoms with van der Waals surface area (Å²) in [6, 6.07) is 23.8. The molecule has 30 heavy (non-hydrogen) atoms. The van der Waals surface area contributed by atoms with Crippen molar-refractivity contribution < 1.29 is 14.5 Å². The molecule has 0 aliphatic carbocycles. The van der Waals surface area contributed by atoms with Crippen molar-refractivity contribution in [2.24, 2.45) is 4.99 Å². The summed E-state index contributed by atoms with van der Waals surface area (Å²) in [7, 11) is 0. The van der Waals surface area contributed by atoms with Gasteiger partial charge in [-0.15, -0.1) is 0 Å². The molecule has 0 spiro atoms. The van der Waals surface area contributed by atoms with Crippen molar-refractivity contribution in [3.63, 3.8) is 0 Å². The molecule has 0 aromatic heterocycles. The van der Waals surface area contributed by atoms with E-state index in [-0.39, 0.29) is 17.3 Å². The van der Waals surface area contributed by atoms with Gasteiger partial charge < -0.3 is 4.74 Å². The molecule has 6 nitrogen and oxygen atoms in total. The van der Waals surface area contributed by atoms with Gasteiger partial charge in [0.05, 0.1) is 4.92 Å². The van der Waals surface area contributed by atoms with Crippen LogP contribution in [0.15, 0.2) is 89.6 Å². The Labute approximate surface area is 170 Å². The van der Waals surface area contributed by atoms with Crippen LogP contribution in [0.1, 0.15) is 11.1 Å². The molecular formula is C24H14N2O4. The van der Waals surface area contributed by atoms with Crippen LogP contribution in [0.25, 0.3) is 27.6 Å². The third-order valence-electron chi connectivity index (χ3n) is 5.04. The Morgan fingerprint density at radius 2 is 1.47 bits per heavy atom. The molecule has 4 aromatic carbocycles. The van der Waals surface area contributed by atoms with E-state index in [1.54, 1.807) is 6.08 Å². The van der Waals surface area contributed by atoms with Crippen LogP contribution in [0.4, 0.5) is 5.69 Å². The summed E-state index contributed by atoms with van der Waals surface area (Å²) in [6.45, 7) is 0. The van der Waals surface area contributed by atoms with Crippen molar-refractivity contribution >= 4 is 45.2 Å². The fourth-order valence-corrected chi connectivity index (χ4v) is 3.60. The summed E-state index contributed by atoms with van der Waals surface area (Å²) in [5.74, 6) is -0.425. The maximum Gasteiger partial charge on any atom is 0.363 e. The molecule has 0 bridgehead atoms. The van der Waals surface area contributed by atoms with Crippen LogP contribution in [0.3, 0.4) is 0 Å². The second-order valence-electron chi connectivity index (χ2n) is 6.87. The fourth-order valence-electron chi connectivity index (χ4n) is 3.60. The molecule has 1 aliphatic rings. The number of hydrogen-bond donors (Lipinski definition) is 0. The van der Waals surface area contributed by atoms with E-state index in [9.17, 15) is 14.9 Å². The van der Waals surface area contributed by atoms with Crippen molar-refractivity contribution in [2.75, 3.05) is 0 Å². The van der Waals surface area contributed by atoms with Crippen LogP contribution in [0, 0.1) is 10.1 Å². The van der Waals surface area contributed by atoms with Crippen LogP contribution in [-0.2, 0) is 9.53 Å². The van der Waals surface area contributed by atoms with Gasteiger partial charge in [-0.05, 0) is 51.4 Å². The van der Waals surface area contributed by atoms with Crippen molar-refractivity contribution in [3.05, 3.63) is 106 Å². The molecule has 4 aromatic rings. The number of carbonyl (C=O) groups is 1. The molecular weight excluding hydrogens is 380 g/mol. The first-order valence-electron chi connectivity index (χ1n) is 9.28. The zero-order chi connectivity index (χ0) is 20.7. The van der Waals surface area contributed by atoms with Crippen molar-refractivity contribution in [1.82, 2.24) is 0 Å². The minimum atomic E-state index is -0.555. The lowest BCUT2D eigenvalue weighted by molar-refractivity contribution is -0.384. The average Bonchev–Trinajstić information content (AvgIpc) is 3.14. The predicted octanol–water partition coefficient (Wildman–Crippen LogP) is 5.25. The van der Waals surface area contributed by atoms with Gasteiger partial charge in [-0.25, -0.2) is 9.79 Å². The maximum atomic E-state index is 12.5. The number of aliphatic imine (C=N–C) groups is 1. The van der Waals surface area contributed by atoms with E-state index in [1.165, 1.54) is 24.3 Å². The number of carbonyl (C=O) groups excluding carboxylic acids is 1. The van der Waals surface area contributed by atoms with E-state index in [0.29, 0.717) is 5.56 Å². The Balaban J connectivity index is 1.64. The van der Waals surface area contributed by atoms with Gasteiger partial charge in [0.1, 0.15) is 0 Å². The first kappa shape index (κ1) is 17.8. The molecule has 0 amide bonds. The topological polar surface area (TPSA) is 81.8 Å². The van der Waals surface area contributed by atoms with Crippen LogP contribution < -0.4 is 0 Å². The van der Waals surface area contributed by atoms with Gasteiger partial charge in [-0.2, -0.15) is 0 Å². The lowest BCUT2D eigenvalue weighted by Gasteiger charge is -2.08. The molecule has 0 fully saturated rings. The SMILES string of the molecule is O=C1OC(c2ccc([N+](=O)[O-])cc2)=N/C1=C\c1c2ccccc2cc2ccccc12. The monoisotopic (exact) mass is 394 g/mol. The molecule has 5 rings (SSSR count). The summed E-state index contributed by atoms with van der Waals surface area (Å²) in [4.78, 5) is 27.2. The maximum absolute atomic E-state index is 12.5. The zero-order valence-electron chi connectivity index (χ0n) is 15.6. The third kappa shape index (κ3) is 3.00. The van der Waals surface area contributed by atoms with Gasteiger partial charge in [-0.1, -0.05) is 48.5 Å². The van der Waals surface area contributed by atoms with E-state index in [1.807, 2.05) is 48.5 Å². The molecule has 0 unspecified atom stereocenters. The second kappa shape index (κ2) is 6.93. The molecule has 0 radical (unpaired) electrons. The van der Waals surface area contributed by atoms with Gasteiger partial charge >= 0.3 is 5.97 Å². The van der Waals surface area contributed by atoms with Crippen molar-refractivity contribution in [2.45, 2.75) is 0 Å². The summed E-state index contributed by atoms with van der Waals surface area (Å²) >= 11 is 0. The van der Waals surface area contributed by atoms with E-state index in [2.05, 4.69) is 11.1 Å². The van der Waals surface area contributed by atoms with Gasteiger partial charge in [-0.3, -0.25) is 10.1 Å². The largest absolute Gasteiger partial charge is 0.402 e. The molecule has 144 valence electrons. The minimum absolute atomic E-state index is 0.0401. The van der Waals surface area contributed by atoms with Gasteiger partial charge in [0.25, 0.3) is 5.69 Å². The highest BCUT2D eigenvalue weighted by molar-refractivity contribution is 6.15. The van der Waals surface area contributed by atoms with E-state index in [0.717, 1.165) is 27.1 Å². The number of fused-ring (bicyclic) bond motifs is 2. The van der Waals surface area contributed by atoms with E-state index < -0.39 is 10.9 Å². The summed E-state index contributed by atoms with van der Waals surface area (Å²) < 4.78 is 5.33. The molecule has 1 aliphatic heterocycles. The quantitative estimate of drug-likeness (QED) is 0.156. The number of nitro benzene ring substituents is 1. The number of ether oxygens (including phenoxy) is 1. The Bertz CT molecular complexity index is 1350. The number of benzene rings is 4. The number of hydrogen-bond acceptors (Lipinski definition) is 5. The Hall–Kier alpha value is -4.32. The molecule has 0 N–H and O–H groups in total. The van der Waals surface area contributed by atoms with E-state index >= 15 is 0 Å². The highest BCUT2D eigenvalue weighted by atomic mass is 16.6. The van der Waals surface area contributed by atoms with Crippen molar-refractivity contribution in [1.29, 1.82) is 0 Å². The smallest absolute Gasteiger partial charge is 0.363 e. The van der Waals surface area contributed by atoms with Gasteiger partial charge in [0.15, 0.2) is 5.70 Å². The van der Waals surface area contributed by atoms with Crippen LogP contribution in [0.5, 0.6) is 0 Å². The zero-order valence-corrected chi connectivity index (χ0v) is 15.6. The van der Waals surface area contributed by atoms with Gasteiger partial charge in [0.2, 0.25) is 5.90 Å². The first-order valence-corrected chi connectivity index (χ1v) is 9.28. The normalized spacial score (nSPS) is 14.9. The lowest BCUT2D eigenvalue weighted by atomic mass is 9.96. The molecule has 6 heteroatoms. The predicted molar refractivity (Wildman–Crippen MR) is 115 cm³/mol. The first-order chi connectivity index (χ1) is 14.6. The summed E-state index contributed by atoms with van der Waals surface area (Å²) in [6.07, 6.45) is 1.74. The Kier molecular flexibility index (Phi) is 4.10. The van der Waals surface area contributed by atoms with Crippen LogP contribution >= 0.6 is 0 Å². The van der Waals surface area contributed by atoms with Crippen molar-refractivity contribution in [3.8, 4) is 0 Å². The lowest BCUT2D eigenvalue weighted by Crippen LogP contribution is -2.05. The molecule has 0 saturated carbocycles. The minimum Gasteiger partial charge on any atom is -0.402 e. The van der Waals surface area contributed by atoms with Gasteiger partial charge in [0, 0.05) is 17.7 Å². The molecule has 0 saturated heterocycles. The van der Waals surface area contributed by atoms with Crippen LogP contribution in [0.2, 0.25) is 0 Å². The summed E-state index contributed by atoms with van der Waals surface area (Å²) in [5, 5.41) is 15.0. The Morgan fingerprint density at radius 1 is 0.867 bits per heavy atom. The number of rotatable bonds is 3. The number of esters is 1. The molecule has 1 heterocycles. The number of nitro groups is 1. The standard InChI is InChI=1S/C24H14N2O4/c27-24-22(25-23(30-24)15-9-11-18(12-10-15)26(28)29)14-21-19-7-3-1-5-16(19)13-17-6-2-4-8-20(17)21/h1-14H/b22-14-. The average molecular weight is 394 g/mol. The number of cyclic esters (lactones) is 1. The number of nitrogens with zero attached hydrogens (tertiary/aromatic N) is 2. The third-order valence-corrected chi connectivity index (χ3v) is 5.04. The van der Waals surface area contributed by atoms with E-state index in [4.69, 9.17) is 4.74 Å². The number of non-ortho nitro benzene ring substituents is 1.